The predicted octanol–water partition coefficient (Wildman–Crippen LogP) is 0.806. The zero-order valence-electron chi connectivity index (χ0n) is 14.2. The largest absolute Gasteiger partial charge is 0.504 e. The van der Waals surface area contributed by atoms with Gasteiger partial charge in [-0.05, 0) is 47.4 Å². The lowest BCUT2D eigenvalue weighted by Gasteiger charge is -1.74. The molecule has 0 aromatic heterocycles. The molecule has 0 amide bonds. The number of aromatic hydroxyl groups is 3. The topological polar surface area (TPSA) is 112 Å². The second kappa shape index (κ2) is 13.5. The molecule has 28 heavy (non-hydrogen) atoms. The van der Waals surface area contributed by atoms with Crippen LogP contribution in [0.25, 0.3) is 0 Å². The molecule has 0 bridgehead atoms. The smallest absolute Gasteiger partial charge is 0.220 e. The third-order valence-electron chi connectivity index (χ3n) is 2.93. The molecule has 0 saturated carbocycles. The lowest BCUT2D eigenvalue weighted by Crippen LogP contribution is -1.90. The highest BCUT2D eigenvalue weighted by Gasteiger charge is 1.87. The van der Waals surface area contributed by atoms with E-state index in [9.17, 15) is 14.4 Å². The van der Waals surface area contributed by atoms with Gasteiger partial charge in [-0.15, -0.1) is 0 Å². The summed E-state index contributed by atoms with van der Waals surface area (Å²) in [6.07, 6.45) is 0. The highest BCUT2D eigenvalue weighted by Crippen LogP contribution is 1.95. The molecular formula is C21H22O6Si. The summed E-state index contributed by atoms with van der Waals surface area (Å²) in [6.45, 7) is 0. The molecule has 0 saturated heterocycles. The molecule has 6 nitrogen and oxygen atoms in total. The van der Waals surface area contributed by atoms with E-state index in [4.69, 9.17) is 15.3 Å². The molecule has 0 atom stereocenters. The van der Waals surface area contributed by atoms with E-state index >= 15 is 0 Å². The first-order chi connectivity index (χ1) is 12.9. The maximum atomic E-state index is 10.6. The van der Waals surface area contributed by atoms with Crippen LogP contribution in [0.5, 0.6) is 17.2 Å². The molecule has 146 valence electrons. The molecule has 3 rings (SSSR count). The number of hydrogen-bond acceptors (Lipinski definition) is 6. The van der Waals surface area contributed by atoms with Gasteiger partial charge in [0.2, 0.25) is 16.3 Å². The van der Waals surface area contributed by atoms with Crippen molar-refractivity contribution in [3.05, 3.63) is 122 Å². The van der Waals surface area contributed by atoms with Crippen molar-refractivity contribution in [2.75, 3.05) is 0 Å². The molecule has 0 aliphatic carbocycles. The molecule has 0 unspecified atom stereocenters. The summed E-state index contributed by atoms with van der Waals surface area (Å²) in [5.41, 5.74) is -1.04. The van der Waals surface area contributed by atoms with Gasteiger partial charge in [-0.1, -0.05) is 54.6 Å². The zero-order valence-corrected chi connectivity index (χ0v) is 14.2. The van der Waals surface area contributed by atoms with Crippen LogP contribution < -0.4 is 16.3 Å². The fraction of sp³-hybridized carbons (Fsp3) is 0. The van der Waals surface area contributed by atoms with E-state index in [-0.39, 0.29) is 44.5 Å². The maximum absolute atomic E-state index is 10.6. The normalized spacial score (nSPS) is 8.57. The van der Waals surface area contributed by atoms with Gasteiger partial charge in [0, 0.05) is 0 Å². The molecule has 0 spiro atoms. The minimum Gasteiger partial charge on any atom is -0.504 e. The Labute approximate surface area is 165 Å². The lowest BCUT2D eigenvalue weighted by molar-refractivity contribution is 0.470. The molecule has 0 heterocycles. The van der Waals surface area contributed by atoms with Gasteiger partial charge in [-0.3, -0.25) is 14.4 Å². The highest BCUT2D eigenvalue weighted by molar-refractivity contribution is 5.75. The van der Waals surface area contributed by atoms with Gasteiger partial charge in [0.05, 0.1) is 0 Å². The van der Waals surface area contributed by atoms with Crippen LogP contribution in [0, 0.1) is 0 Å². The summed E-state index contributed by atoms with van der Waals surface area (Å²) in [4.78, 5) is 31.7. The molecule has 0 aliphatic heterocycles. The number of rotatable bonds is 0. The third kappa shape index (κ3) is 9.69. The standard InChI is InChI=1S/3C7H6O2.H4Si/c3*8-6-4-2-1-3-5-7(6)9;/h3*1-5H,(H,8,9);1H4. The molecule has 0 radical (unpaired) electrons. The van der Waals surface area contributed by atoms with Crippen LogP contribution in [-0.2, 0) is 0 Å². The van der Waals surface area contributed by atoms with Crippen molar-refractivity contribution in [2.24, 2.45) is 0 Å². The van der Waals surface area contributed by atoms with Gasteiger partial charge < -0.3 is 15.3 Å². The summed E-state index contributed by atoms with van der Waals surface area (Å²) in [5, 5.41) is 26.3. The van der Waals surface area contributed by atoms with Gasteiger partial charge in [0.15, 0.2) is 17.2 Å². The summed E-state index contributed by atoms with van der Waals surface area (Å²) >= 11 is 0. The monoisotopic (exact) mass is 398 g/mol. The lowest BCUT2D eigenvalue weighted by atomic mass is 10.5. The van der Waals surface area contributed by atoms with Gasteiger partial charge in [-0.2, -0.15) is 0 Å². The van der Waals surface area contributed by atoms with E-state index in [2.05, 4.69) is 0 Å². The minimum absolute atomic E-state index is 0. The van der Waals surface area contributed by atoms with Crippen molar-refractivity contribution in [1.29, 1.82) is 0 Å². The fourth-order valence-electron chi connectivity index (χ4n) is 1.56. The summed E-state index contributed by atoms with van der Waals surface area (Å²) < 4.78 is 0. The fourth-order valence-corrected chi connectivity index (χ4v) is 1.56. The first kappa shape index (κ1) is 24.3. The van der Waals surface area contributed by atoms with Crippen molar-refractivity contribution in [3.63, 3.8) is 0 Å². The van der Waals surface area contributed by atoms with E-state index in [1.54, 1.807) is 54.6 Å². The molecule has 3 aromatic carbocycles. The van der Waals surface area contributed by atoms with Crippen LogP contribution >= 0.6 is 0 Å². The van der Waals surface area contributed by atoms with E-state index in [1.807, 2.05) is 0 Å². The van der Waals surface area contributed by atoms with Crippen LogP contribution in [-0.4, -0.2) is 26.3 Å². The Hall–Kier alpha value is -3.71. The van der Waals surface area contributed by atoms with Gasteiger partial charge in [0.25, 0.3) is 0 Å². The van der Waals surface area contributed by atoms with Crippen LogP contribution in [0.4, 0.5) is 0 Å². The first-order valence-electron chi connectivity index (χ1n) is 7.77. The molecule has 7 heteroatoms. The van der Waals surface area contributed by atoms with E-state index < -0.39 is 0 Å². The maximum Gasteiger partial charge on any atom is 0.220 e. The van der Waals surface area contributed by atoms with Gasteiger partial charge in [0.1, 0.15) is 0 Å². The predicted molar refractivity (Wildman–Crippen MR) is 114 cm³/mol. The molecule has 0 aliphatic rings. The van der Waals surface area contributed by atoms with Crippen molar-refractivity contribution >= 4 is 11.0 Å². The Kier molecular flexibility index (Phi) is 11.7. The Morgan fingerprint density at radius 2 is 0.607 bits per heavy atom. The molecular weight excluding hydrogens is 376 g/mol. The average Bonchev–Trinajstić information content (AvgIpc) is 3.04. The van der Waals surface area contributed by atoms with Crippen LogP contribution in [0.3, 0.4) is 0 Å². The average molecular weight is 398 g/mol. The summed E-state index contributed by atoms with van der Waals surface area (Å²) in [6, 6.07) is 22.7. The highest BCUT2D eigenvalue weighted by atomic mass is 28.1. The van der Waals surface area contributed by atoms with Gasteiger partial charge >= 0.3 is 0 Å². The quantitative estimate of drug-likeness (QED) is 0.483. The Balaban J connectivity index is 0.000000384. The Bertz CT molecular complexity index is 906. The second-order valence-electron chi connectivity index (χ2n) is 4.98. The third-order valence-corrected chi connectivity index (χ3v) is 2.93. The Morgan fingerprint density at radius 1 is 0.393 bits per heavy atom. The first-order valence-corrected chi connectivity index (χ1v) is 7.77. The van der Waals surface area contributed by atoms with Crippen LogP contribution in [0.15, 0.2) is 105 Å². The van der Waals surface area contributed by atoms with Crippen molar-refractivity contribution in [3.8, 4) is 17.2 Å². The summed E-state index contributed by atoms with van der Waals surface area (Å²) in [5.74, 6) is -0.625. The van der Waals surface area contributed by atoms with Crippen molar-refractivity contribution in [1.82, 2.24) is 0 Å². The zero-order chi connectivity index (χ0) is 20.1. The number of hydrogen-bond donors (Lipinski definition) is 3. The van der Waals surface area contributed by atoms with Crippen molar-refractivity contribution in [2.45, 2.75) is 0 Å². The molecule has 3 aromatic rings. The Morgan fingerprint density at radius 3 is 0.857 bits per heavy atom. The molecule has 0 fully saturated rings. The second-order valence-corrected chi connectivity index (χ2v) is 4.98. The summed E-state index contributed by atoms with van der Waals surface area (Å²) in [7, 11) is 0. The van der Waals surface area contributed by atoms with E-state index in [1.165, 1.54) is 36.4 Å². The SMILES string of the molecule is O=c1cccccc1O.O=c1cccccc1O.O=c1cccccc1O.[SiH4]. The van der Waals surface area contributed by atoms with Gasteiger partial charge in [-0.25, -0.2) is 0 Å². The van der Waals surface area contributed by atoms with Crippen LogP contribution in [0.2, 0.25) is 0 Å². The van der Waals surface area contributed by atoms with E-state index in [0.717, 1.165) is 0 Å². The molecule has 3 N–H and O–H groups in total. The van der Waals surface area contributed by atoms with Crippen LogP contribution in [0.1, 0.15) is 0 Å². The van der Waals surface area contributed by atoms with Crippen molar-refractivity contribution < 1.29 is 15.3 Å². The van der Waals surface area contributed by atoms with E-state index in [0.29, 0.717) is 0 Å². The minimum atomic E-state index is -0.347.